The van der Waals surface area contributed by atoms with Crippen molar-refractivity contribution in [3.05, 3.63) is 12.4 Å². The first-order chi connectivity index (χ1) is 13.3. The minimum atomic E-state index is 0.645. The highest BCUT2D eigenvalue weighted by atomic mass is 15.4. The van der Waals surface area contributed by atoms with Crippen molar-refractivity contribution >= 4 is 0 Å². The van der Waals surface area contributed by atoms with Gasteiger partial charge >= 0.3 is 0 Å². The van der Waals surface area contributed by atoms with Gasteiger partial charge in [-0.25, -0.2) is 0 Å². The Hall–Kier alpha value is -0.660. The first-order valence-corrected chi connectivity index (χ1v) is 12.5. The quantitative estimate of drug-likeness (QED) is 0.209. The maximum absolute atomic E-state index is 2.64. The summed E-state index contributed by atoms with van der Waals surface area (Å²) in [6, 6.07) is 0. The molecule has 2 nitrogen and oxygen atoms in total. The molecule has 0 spiro atoms. The van der Waals surface area contributed by atoms with Crippen LogP contribution in [0, 0.1) is 0 Å². The molecule has 1 atom stereocenters. The van der Waals surface area contributed by atoms with Crippen molar-refractivity contribution in [1.82, 2.24) is 9.80 Å². The summed E-state index contributed by atoms with van der Waals surface area (Å²) in [5, 5.41) is 0. The molecule has 1 heterocycles. The van der Waals surface area contributed by atoms with E-state index in [4.69, 9.17) is 0 Å². The van der Waals surface area contributed by atoms with Gasteiger partial charge in [-0.3, -0.25) is 0 Å². The molecule has 0 aromatic heterocycles. The van der Waals surface area contributed by atoms with Gasteiger partial charge in [0, 0.05) is 25.5 Å². The van der Waals surface area contributed by atoms with E-state index < -0.39 is 0 Å². The lowest BCUT2D eigenvalue weighted by Crippen LogP contribution is -2.39. The SMILES string of the molecule is CCCCCCCCCCCCCN1C=CN(CCCC)C1CCCCC. The van der Waals surface area contributed by atoms with Gasteiger partial charge in [-0.1, -0.05) is 104 Å². The summed E-state index contributed by atoms with van der Waals surface area (Å²) in [4.78, 5) is 5.25. The molecule has 0 bridgehead atoms. The highest BCUT2D eigenvalue weighted by molar-refractivity contribution is 4.96. The van der Waals surface area contributed by atoms with Crippen LogP contribution >= 0.6 is 0 Å². The Morgan fingerprint density at radius 2 is 0.889 bits per heavy atom. The summed E-state index contributed by atoms with van der Waals surface area (Å²) < 4.78 is 0. The first kappa shape index (κ1) is 24.4. The van der Waals surface area contributed by atoms with Crippen molar-refractivity contribution in [2.75, 3.05) is 13.1 Å². The molecule has 0 N–H and O–H groups in total. The molecule has 0 amide bonds. The van der Waals surface area contributed by atoms with Crippen LogP contribution in [0.15, 0.2) is 12.4 Å². The van der Waals surface area contributed by atoms with Crippen molar-refractivity contribution in [2.45, 2.75) is 136 Å². The van der Waals surface area contributed by atoms with Crippen molar-refractivity contribution < 1.29 is 0 Å². The Morgan fingerprint density at radius 1 is 0.481 bits per heavy atom. The number of hydrogen-bond acceptors (Lipinski definition) is 2. The van der Waals surface area contributed by atoms with E-state index in [-0.39, 0.29) is 0 Å². The molecule has 1 aliphatic rings. The summed E-state index contributed by atoms with van der Waals surface area (Å²) in [5.41, 5.74) is 0. The summed E-state index contributed by atoms with van der Waals surface area (Å²) >= 11 is 0. The molecule has 0 radical (unpaired) electrons. The van der Waals surface area contributed by atoms with Crippen LogP contribution in [0.3, 0.4) is 0 Å². The molecule has 0 fully saturated rings. The molecule has 1 unspecified atom stereocenters. The lowest BCUT2D eigenvalue weighted by atomic mass is 10.1. The zero-order valence-corrected chi connectivity index (χ0v) is 19.1. The van der Waals surface area contributed by atoms with E-state index in [0.29, 0.717) is 6.17 Å². The Kier molecular flexibility index (Phi) is 15.7. The van der Waals surface area contributed by atoms with E-state index >= 15 is 0 Å². The van der Waals surface area contributed by atoms with Gasteiger partial charge in [0.05, 0.1) is 0 Å². The molecule has 2 heteroatoms. The standard InChI is InChI=1S/C25H50N2/c1-4-7-10-11-12-13-14-15-16-17-19-22-27-24-23-26(21-9-6-3)25(27)20-18-8-5-2/h23-25H,4-22H2,1-3H3. The average Bonchev–Trinajstić information content (AvgIpc) is 3.06. The third-order valence-corrected chi connectivity index (χ3v) is 6.07. The van der Waals surface area contributed by atoms with Crippen LogP contribution in [0.2, 0.25) is 0 Å². The highest BCUT2D eigenvalue weighted by Gasteiger charge is 2.24. The summed E-state index contributed by atoms with van der Waals surface area (Å²) in [7, 11) is 0. The summed E-state index contributed by atoms with van der Waals surface area (Å²) in [6.45, 7) is 9.40. The molecule has 160 valence electrons. The molecule has 0 aliphatic carbocycles. The fourth-order valence-corrected chi connectivity index (χ4v) is 4.22. The van der Waals surface area contributed by atoms with Gasteiger partial charge in [0.2, 0.25) is 0 Å². The third kappa shape index (κ3) is 11.7. The van der Waals surface area contributed by atoms with E-state index in [0.717, 1.165) is 0 Å². The molecule has 0 saturated carbocycles. The van der Waals surface area contributed by atoms with Crippen LogP contribution in [-0.4, -0.2) is 29.1 Å². The highest BCUT2D eigenvalue weighted by Crippen LogP contribution is 2.23. The van der Waals surface area contributed by atoms with Gasteiger partial charge < -0.3 is 9.80 Å². The summed E-state index contributed by atoms with van der Waals surface area (Å²) in [6.07, 6.45) is 29.2. The molecule has 0 saturated heterocycles. The van der Waals surface area contributed by atoms with Crippen LogP contribution in [0.1, 0.15) is 130 Å². The van der Waals surface area contributed by atoms with Gasteiger partial charge in [0.25, 0.3) is 0 Å². The second-order valence-corrected chi connectivity index (χ2v) is 8.64. The third-order valence-electron chi connectivity index (χ3n) is 6.07. The lowest BCUT2D eigenvalue weighted by molar-refractivity contribution is 0.136. The predicted octanol–water partition coefficient (Wildman–Crippen LogP) is 8.09. The van der Waals surface area contributed by atoms with Crippen molar-refractivity contribution in [3.63, 3.8) is 0 Å². The summed E-state index contributed by atoms with van der Waals surface area (Å²) in [5.74, 6) is 0. The van der Waals surface area contributed by atoms with Crippen molar-refractivity contribution in [3.8, 4) is 0 Å². The van der Waals surface area contributed by atoms with Gasteiger partial charge in [-0.2, -0.15) is 0 Å². The first-order valence-electron chi connectivity index (χ1n) is 12.5. The second-order valence-electron chi connectivity index (χ2n) is 8.64. The van der Waals surface area contributed by atoms with Gasteiger partial charge in [0.1, 0.15) is 6.17 Å². The largest absolute Gasteiger partial charge is 0.356 e. The van der Waals surface area contributed by atoms with E-state index in [1.165, 1.54) is 122 Å². The lowest BCUT2D eigenvalue weighted by Gasteiger charge is -2.33. The number of hydrogen-bond donors (Lipinski definition) is 0. The number of unbranched alkanes of at least 4 members (excludes halogenated alkanes) is 13. The minimum absolute atomic E-state index is 0.645. The smallest absolute Gasteiger partial charge is 0.101 e. The van der Waals surface area contributed by atoms with E-state index in [9.17, 15) is 0 Å². The fraction of sp³-hybridized carbons (Fsp3) is 0.920. The Bertz CT molecular complexity index is 339. The molecule has 0 aromatic carbocycles. The van der Waals surface area contributed by atoms with Crippen LogP contribution < -0.4 is 0 Å². The topological polar surface area (TPSA) is 6.48 Å². The van der Waals surface area contributed by atoms with E-state index in [2.05, 4.69) is 43.0 Å². The van der Waals surface area contributed by atoms with Gasteiger partial charge in [-0.05, 0) is 25.7 Å². The molecular formula is C25H50N2. The molecule has 1 aliphatic heterocycles. The van der Waals surface area contributed by atoms with Crippen molar-refractivity contribution in [1.29, 1.82) is 0 Å². The van der Waals surface area contributed by atoms with Crippen LogP contribution in [0.4, 0.5) is 0 Å². The predicted molar refractivity (Wildman–Crippen MR) is 122 cm³/mol. The molecule has 27 heavy (non-hydrogen) atoms. The van der Waals surface area contributed by atoms with E-state index in [1.807, 2.05) is 0 Å². The van der Waals surface area contributed by atoms with Crippen LogP contribution in [0.25, 0.3) is 0 Å². The zero-order chi connectivity index (χ0) is 19.6. The van der Waals surface area contributed by atoms with E-state index in [1.54, 1.807) is 0 Å². The maximum Gasteiger partial charge on any atom is 0.101 e. The monoisotopic (exact) mass is 378 g/mol. The maximum atomic E-state index is 2.64. The number of nitrogens with zero attached hydrogens (tertiary/aromatic N) is 2. The Balaban J connectivity index is 2.10. The van der Waals surface area contributed by atoms with Gasteiger partial charge in [-0.15, -0.1) is 0 Å². The van der Waals surface area contributed by atoms with Crippen LogP contribution in [0.5, 0.6) is 0 Å². The molecular weight excluding hydrogens is 328 g/mol. The number of rotatable bonds is 19. The minimum Gasteiger partial charge on any atom is -0.356 e. The Morgan fingerprint density at radius 3 is 1.41 bits per heavy atom. The molecule has 1 rings (SSSR count). The molecule has 0 aromatic rings. The second kappa shape index (κ2) is 17.4. The normalized spacial score (nSPS) is 16.6. The Labute approximate surface area is 171 Å². The zero-order valence-electron chi connectivity index (χ0n) is 19.1. The average molecular weight is 379 g/mol. The van der Waals surface area contributed by atoms with Gasteiger partial charge in [0.15, 0.2) is 0 Å². The van der Waals surface area contributed by atoms with Crippen LogP contribution in [-0.2, 0) is 0 Å². The van der Waals surface area contributed by atoms with Crippen molar-refractivity contribution in [2.24, 2.45) is 0 Å². The fourth-order valence-electron chi connectivity index (χ4n) is 4.22.